The summed E-state index contributed by atoms with van der Waals surface area (Å²) < 4.78 is 17.8. The first-order valence-corrected chi connectivity index (χ1v) is 42.2. The van der Waals surface area contributed by atoms with Crippen LogP contribution in [0.2, 0.25) is 0 Å². The van der Waals surface area contributed by atoms with E-state index in [9.17, 15) is 0 Å². The molecule has 0 aliphatic rings. The summed E-state index contributed by atoms with van der Waals surface area (Å²) in [5.74, 6) is 6.91. The van der Waals surface area contributed by atoms with Gasteiger partial charge in [0.2, 0.25) is 23.5 Å². The van der Waals surface area contributed by atoms with Gasteiger partial charge in [-0.1, -0.05) is 283 Å². The molecule has 0 unspecified atom stereocenters. The molecule has 0 aliphatic heterocycles. The first kappa shape index (κ1) is 121. The van der Waals surface area contributed by atoms with Crippen molar-refractivity contribution in [1.82, 2.24) is 170 Å². The Morgan fingerprint density at radius 3 is 0.688 bits per heavy atom. The van der Waals surface area contributed by atoms with Crippen LogP contribution < -0.4 is 40.1 Å². The van der Waals surface area contributed by atoms with Gasteiger partial charge in [0.25, 0.3) is 0 Å². The van der Waals surface area contributed by atoms with Gasteiger partial charge in [-0.15, -0.1) is 0 Å². The van der Waals surface area contributed by atoms with Gasteiger partial charge in [0.15, 0.2) is 0 Å². The molecule has 0 atom stereocenters. The Morgan fingerprint density at radius 2 is 0.444 bits per heavy atom. The smallest absolute Gasteiger partial charge is 0.574 e. The number of rotatable bonds is 20. The second kappa shape index (κ2) is 54.2. The van der Waals surface area contributed by atoms with Crippen molar-refractivity contribution in [3.05, 3.63) is 338 Å². The molecular formula is C103H112N34O2Pt5. The molecule has 0 radical (unpaired) electrons. The van der Waals surface area contributed by atoms with Gasteiger partial charge in [0.1, 0.15) is 0 Å². The summed E-state index contributed by atoms with van der Waals surface area (Å²) in [6.45, 7) is 28.9. The average molecular weight is 2830 g/mol. The molecule has 36 nitrogen and oxygen atoms in total. The van der Waals surface area contributed by atoms with Crippen LogP contribution >= 0.6 is 0 Å². The van der Waals surface area contributed by atoms with Crippen LogP contribution in [0.5, 0.6) is 23.5 Å². The average Bonchev–Trinajstić information content (AvgIpc) is 0.838. The van der Waals surface area contributed by atoms with Crippen molar-refractivity contribution in [1.29, 1.82) is 0 Å². The molecule has 0 aliphatic carbocycles. The summed E-state index contributed by atoms with van der Waals surface area (Å²) in [6.07, 6.45) is 22.7. The SMILES string of the molecule is C.C.C.C.C.C.CC(C)(C)c1n[c-]n(-c2cccc(Cc3cccc(-n4[c-]nc(C(C)(C)C)n4)n3)n2)n1.CC(C)(C)c1n[c-]n(-c2cccc(Oc3cccc(-n4[c-]nc(C(C)(C)C)n4)n3)n2)n1.CC(C)(c1cccc(-c2ccn[n-]2)n1)c1cccc(-c2ccn[n-]2)n1.[Pt+2].[Pt+2].[Pt+2].[Pt+2].[Pt+2].c1cc(Cc2cccc(-c3ccn[n-]3)n2)nc(-c2ccn[n-]2)c1.c1cc(Oc2cccc(-c3ccn[n-]3)n2)nc(-c2ccn[n-]2)c1. The van der Waals surface area contributed by atoms with E-state index < -0.39 is 0 Å². The minimum Gasteiger partial charge on any atom is -0.574 e. The first-order chi connectivity index (χ1) is 64.1. The number of hydrogen-bond donors (Lipinski definition) is 0. The molecular weight excluding hydrogens is 2720 g/mol. The Labute approximate surface area is 911 Å². The standard InChI is InChI=1S/C23H26N8.C22H24N8O.C19H16N6.C17H12N6.C16H10N6O.6CH4.5Pt/c1-22(2,3)20-24-14-30(28-20)18-11-7-9-16(26-18)13-17-10-8-12-19(27-17)31-15-25-21(29-31)23(4,5)6;1-21(2,3)19-23-13-29(27-19)15-9-7-11-17(25-15)31-18-12-8-10-16(26-18)30-14-24-20(28-30)22(4,5)6;1-19(2,17-7-3-5-13(22-17)15-9-11-20-24-15)18-8-4-6-14(23-18)16-10-12-21-25-16;1-3-12(20-14(5-1)16-7-9-18-22-16)11-13-4-2-6-15(21-13)17-8-10-19-23-17;1-3-11(13-7-9-17-21-13)19-15(5-1)23-16-6-2-4-12(20-16)14-8-10-18-22-14;;;;;;;;;;;/h7-12H,13H2,1-6H3;7-12H,1-6H3;3-12H,1-2H3;1-10H,11H2;1-10H;6*1H4;;;;;/q5*-2;;;;;;;5*+2. The van der Waals surface area contributed by atoms with Gasteiger partial charge in [0.05, 0.1) is 69.3 Å². The molecule has 0 aromatic carbocycles. The van der Waals surface area contributed by atoms with Crippen LogP contribution in [0, 0.1) is 25.3 Å². The molecule has 20 aromatic rings. The van der Waals surface area contributed by atoms with E-state index in [1.54, 1.807) is 82.9 Å². The van der Waals surface area contributed by atoms with Crippen molar-refractivity contribution < 1.29 is 115 Å². The number of ether oxygens (including phenoxy) is 2. The van der Waals surface area contributed by atoms with Gasteiger partial charge in [-0.05, 0) is 120 Å². The molecule has 20 heterocycles. The Morgan fingerprint density at radius 1 is 0.236 bits per heavy atom. The number of aromatic nitrogens is 34. The van der Waals surface area contributed by atoms with Gasteiger partial charge in [-0.2, -0.15) is 0 Å². The van der Waals surface area contributed by atoms with Crippen LogP contribution in [0.25, 0.3) is 91.6 Å². The predicted molar refractivity (Wildman–Crippen MR) is 530 cm³/mol. The van der Waals surface area contributed by atoms with E-state index in [1.807, 2.05) is 224 Å². The maximum Gasteiger partial charge on any atom is 2.00 e. The van der Waals surface area contributed by atoms with E-state index >= 15 is 0 Å². The van der Waals surface area contributed by atoms with Crippen LogP contribution in [-0.4, -0.2) is 139 Å². The van der Waals surface area contributed by atoms with Crippen LogP contribution in [0.1, 0.15) is 199 Å². The molecule has 0 saturated heterocycles. The van der Waals surface area contributed by atoms with E-state index in [4.69, 9.17) is 29.4 Å². The molecule has 144 heavy (non-hydrogen) atoms. The summed E-state index contributed by atoms with van der Waals surface area (Å²) in [5, 5.41) is 65.2. The van der Waals surface area contributed by atoms with Gasteiger partial charge in [-0.3, -0.25) is 39.9 Å². The number of pyridine rings is 10. The zero-order valence-corrected chi connectivity index (χ0v) is 88.1. The summed E-state index contributed by atoms with van der Waals surface area (Å²) in [4.78, 5) is 63.2. The van der Waals surface area contributed by atoms with E-state index in [0.29, 0.717) is 94.1 Å². The third kappa shape index (κ3) is 31.7. The molecule has 756 valence electrons. The fourth-order valence-electron chi connectivity index (χ4n) is 12.6. The quantitative estimate of drug-likeness (QED) is 0.0639. The normalized spacial score (nSPS) is 10.7. The largest absolute Gasteiger partial charge is 2.00 e. The molecule has 20 rings (SSSR count). The molecule has 41 heteroatoms. The van der Waals surface area contributed by atoms with E-state index in [1.165, 1.54) is 9.36 Å². The van der Waals surface area contributed by atoms with Crippen molar-refractivity contribution >= 4 is 0 Å². The Balaban J connectivity index is 0.000000312. The van der Waals surface area contributed by atoms with Crippen molar-refractivity contribution in [3.8, 4) is 115 Å². The Bertz CT molecular complexity index is 6400. The van der Waals surface area contributed by atoms with Crippen LogP contribution in [0.4, 0.5) is 0 Å². The zero-order valence-electron chi connectivity index (χ0n) is 76.8. The van der Waals surface area contributed by atoms with Gasteiger partial charge < -0.3 is 109 Å². The minimum atomic E-state index is -0.369. The second-order valence-corrected chi connectivity index (χ2v) is 34.7. The fraction of sp³-hybridized carbons (Fsp3) is 0.262. The molecule has 0 spiro atoms. The van der Waals surface area contributed by atoms with Crippen molar-refractivity contribution in [2.45, 2.75) is 181 Å². The maximum atomic E-state index is 5.88. The third-order valence-corrected chi connectivity index (χ3v) is 19.7. The Kier molecular flexibility index (Phi) is 45.5. The molecule has 0 amide bonds. The monoisotopic (exact) mass is 2830 g/mol. The fourth-order valence-corrected chi connectivity index (χ4v) is 12.6. The summed E-state index contributed by atoms with van der Waals surface area (Å²) >= 11 is 0. The van der Waals surface area contributed by atoms with Crippen LogP contribution in [0.3, 0.4) is 0 Å². The van der Waals surface area contributed by atoms with Crippen molar-refractivity contribution in [3.63, 3.8) is 0 Å². The Hall–Kier alpha value is -13.6. The predicted octanol–water partition coefficient (Wildman–Crippen LogP) is 18.1. The number of nitrogens with zero attached hydrogens (tertiary/aromatic N) is 34. The van der Waals surface area contributed by atoms with E-state index in [0.717, 1.165) is 91.4 Å². The third-order valence-electron chi connectivity index (χ3n) is 19.7. The first-order valence-electron chi connectivity index (χ1n) is 42.2. The van der Waals surface area contributed by atoms with Gasteiger partial charge in [-0.25, -0.2) is 30.4 Å². The summed E-state index contributed by atoms with van der Waals surface area (Å²) in [7, 11) is 0. The minimum absolute atomic E-state index is 0. The molecule has 0 bridgehead atoms. The molecule has 0 fully saturated rings. The maximum absolute atomic E-state index is 5.88. The van der Waals surface area contributed by atoms with Crippen molar-refractivity contribution in [2.75, 3.05) is 0 Å². The van der Waals surface area contributed by atoms with Crippen LogP contribution in [0.15, 0.2) is 256 Å². The van der Waals surface area contributed by atoms with Crippen molar-refractivity contribution in [2.24, 2.45) is 0 Å². The van der Waals surface area contributed by atoms with E-state index in [2.05, 4.69) is 212 Å². The zero-order chi connectivity index (χ0) is 92.7. The van der Waals surface area contributed by atoms with E-state index in [-0.39, 0.29) is 177 Å². The topological polar surface area (TPSA) is 432 Å². The molecule has 20 aromatic heterocycles. The molecule has 0 saturated carbocycles. The van der Waals surface area contributed by atoms with Gasteiger partial charge >= 0.3 is 105 Å². The molecule has 0 N–H and O–H groups in total. The second-order valence-electron chi connectivity index (χ2n) is 34.7. The summed E-state index contributed by atoms with van der Waals surface area (Å²) in [5.41, 5.74) is 13.6. The summed E-state index contributed by atoms with van der Waals surface area (Å²) in [6, 6.07) is 67.9. The van der Waals surface area contributed by atoms with Gasteiger partial charge in [0, 0.05) is 138 Å². The van der Waals surface area contributed by atoms with Crippen LogP contribution in [-0.2, 0) is 145 Å². The number of hydrogen-bond acceptors (Lipinski definition) is 26.